The summed E-state index contributed by atoms with van der Waals surface area (Å²) in [6.45, 7) is 3.18. The third-order valence-corrected chi connectivity index (χ3v) is 7.37. The summed E-state index contributed by atoms with van der Waals surface area (Å²) in [5.74, 6) is -0.960. The van der Waals surface area contributed by atoms with Gasteiger partial charge in [0.1, 0.15) is 11.9 Å². The van der Waals surface area contributed by atoms with Crippen LogP contribution in [-0.2, 0) is 9.53 Å². The summed E-state index contributed by atoms with van der Waals surface area (Å²) in [4.78, 5) is 23.8. The molecule has 0 spiro atoms. The molecule has 3 N–H and O–H groups in total. The smallest absolute Gasteiger partial charge is 0.335 e. The molecule has 0 aliphatic carbocycles. The highest BCUT2D eigenvalue weighted by molar-refractivity contribution is 9.10. The maximum absolute atomic E-state index is 13.7. The minimum Gasteiger partial charge on any atom is -0.478 e. The lowest BCUT2D eigenvalue weighted by Gasteiger charge is -2.46. The van der Waals surface area contributed by atoms with Gasteiger partial charge in [-0.25, -0.2) is 14.2 Å². The molecular weight excluding hydrogens is 501 g/mol. The van der Waals surface area contributed by atoms with E-state index in [2.05, 4.69) is 36.4 Å². The number of aliphatic imine (C=N–C) groups is 1. The van der Waals surface area contributed by atoms with E-state index in [0.717, 1.165) is 13.1 Å². The predicted octanol–water partition coefficient (Wildman–Crippen LogP) is 2.15. The molecule has 1 aromatic heterocycles. The lowest BCUT2D eigenvalue weighted by molar-refractivity contribution is -0.133. The molecule has 2 bridgehead atoms. The van der Waals surface area contributed by atoms with Crippen LogP contribution >= 0.6 is 27.3 Å². The van der Waals surface area contributed by atoms with E-state index in [9.17, 15) is 14.3 Å². The van der Waals surface area contributed by atoms with Crippen molar-refractivity contribution in [2.24, 2.45) is 4.99 Å². The highest BCUT2D eigenvalue weighted by atomic mass is 79.9. The number of halogens is 2. The van der Waals surface area contributed by atoms with Crippen LogP contribution in [0.1, 0.15) is 16.6 Å². The number of carboxylic acids is 1. The normalized spacial score (nSPS) is 25.9. The molecule has 2 fully saturated rings. The monoisotopic (exact) mass is 521 g/mol. The van der Waals surface area contributed by atoms with Crippen LogP contribution in [0.4, 0.5) is 4.39 Å². The second-order valence-corrected chi connectivity index (χ2v) is 9.63. The molecule has 8 nitrogen and oxygen atoms in total. The first-order valence-electron chi connectivity index (χ1n) is 10.2. The van der Waals surface area contributed by atoms with Gasteiger partial charge in [-0.15, -0.1) is 11.3 Å². The van der Waals surface area contributed by atoms with Crippen molar-refractivity contribution in [2.45, 2.75) is 18.1 Å². The zero-order valence-electron chi connectivity index (χ0n) is 16.9. The van der Waals surface area contributed by atoms with E-state index < -0.39 is 17.8 Å². The number of piperazine rings is 1. The summed E-state index contributed by atoms with van der Waals surface area (Å²) in [6.07, 6.45) is 1.68. The Bertz CT molecular complexity index is 1070. The minimum atomic E-state index is -1.06. The van der Waals surface area contributed by atoms with Crippen molar-refractivity contribution in [3.63, 3.8) is 0 Å². The van der Waals surface area contributed by atoms with Gasteiger partial charge in [0, 0.05) is 53.5 Å². The third kappa shape index (κ3) is 4.11. The third-order valence-electron chi connectivity index (χ3n) is 5.91. The number of hydrogen-bond donors (Lipinski definition) is 3. The van der Waals surface area contributed by atoms with Gasteiger partial charge < -0.3 is 20.5 Å². The van der Waals surface area contributed by atoms with Crippen LogP contribution < -0.4 is 10.6 Å². The fraction of sp³-hybridized carbons (Fsp3) is 0.381. The van der Waals surface area contributed by atoms with Crippen LogP contribution in [0.3, 0.4) is 0 Å². The number of morpholine rings is 1. The van der Waals surface area contributed by atoms with Gasteiger partial charge in [-0.05, 0) is 17.7 Å². The van der Waals surface area contributed by atoms with E-state index in [1.807, 2.05) is 5.38 Å². The van der Waals surface area contributed by atoms with Gasteiger partial charge in [0.15, 0.2) is 10.8 Å². The van der Waals surface area contributed by atoms with Crippen molar-refractivity contribution in [3.05, 3.63) is 61.9 Å². The van der Waals surface area contributed by atoms with E-state index in [1.54, 1.807) is 12.3 Å². The molecule has 168 valence electrons. The molecule has 1 aromatic carbocycles. The fourth-order valence-electron chi connectivity index (χ4n) is 4.41. The Morgan fingerprint density at radius 2 is 2.12 bits per heavy atom. The van der Waals surface area contributed by atoms with E-state index in [0.29, 0.717) is 46.3 Å². The number of amidine groups is 1. The topological polar surface area (TPSA) is 99.1 Å². The quantitative estimate of drug-likeness (QED) is 0.554. The lowest BCUT2D eigenvalue weighted by atomic mass is 9.94. The number of rotatable bonds is 5. The van der Waals surface area contributed by atoms with Crippen LogP contribution in [0.2, 0.25) is 0 Å². The van der Waals surface area contributed by atoms with Crippen LogP contribution in [0, 0.1) is 5.82 Å². The highest BCUT2D eigenvalue weighted by Gasteiger charge is 2.38. The number of aliphatic carboxylic acids is 1. The number of nitrogens with one attached hydrogen (secondary N) is 2. The van der Waals surface area contributed by atoms with Gasteiger partial charge in [-0.2, -0.15) is 0 Å². The minimum absolute atomic E-state index is 0.148. The average molecular weight is 522 g/mol. The number of benzene rings is 1. The number of carbonyl (C=O) groups is 1. The zero-order valence-corrected chi connectivity index (χ0v) is 19.3. The molecule has 2 unspecified atom stereocenters. The maximum Gasteiger partial charge on any atom is 0.335 e. The average Bonchev–Trinajstić information content (AvgIpc) is 3.28. The first-order valence-corrected chi connectivity index (χ1v) is 11.9. The van der Waals surface area contributed by atoms with Gasteiger partial charge in [0.2, 0.25) is 0 Å². The van der Waals surface area contributed by atoms with Crippen molar-refractivity contribution >= 4 is 39.1 Å². The summed E-state index contributed by atoms with van der Waals surface area (Å²) in [5, 5.41) is 19.4. The lowest BCUT2D eigenvalue weighted by Crippen LogP contribution is -2.64. The Kier molecular flexibility index (Phi) is 6.08. The van der Waals surface area contributed by atoms with E-state index in [4.69, 9.17) is 9.73 Å². The number of ether oxygens (including phenoxy) is 1. The Morgan fingerprint density at radius 1 is 1.34 bits per heavy atom. The van der Waals surface area contributed by atoms with E-state index in [-0.39, 0.29) is 17.7 Å². The molecule has 3 aliphatic heterocycles. The molecule has 0 amide bonds. The SMILES string of the molecule is O=C(O)C1=C(CN2C3CNCC2COC3)NC(c2nccs2)=N[C@H]1c1ccc(F)cc1Br. The Labute approximate surface area is 196 Å². The van der Waals surface area contributed by atoms with Gasteiger partial charge >= 0.3 is 5.97 Å². The second kappa shape index (κ2) is 8.99. The molecular formula is C21H21BrFN5O3S. The second-order valence-electron chi connectivity index (χ2n) is 7.88. The van der Waals surface area contributed by atoms with Crippen molar-refractivity contribution in [3.8, 4) is 0 Å². The molecule has 11 heteroatoms. The van der Waals surface area contributed by atoms with Gasteiger partial charge in [0.05, 0.1) is 18.8 Å². The van der Waals surface area contributed by atoms with Gasteiger partial charge in [0.25, 0.3) is 0 Å². The Morgan fingerprint density at radius 3 is 2.78 bits per heavy atom. The molecule has 3 aliphatic rings. The molecule has 3 atom stereocenters. The fourth-order valence-corrected chi connectivity index (χ4v) is 5.56. The maximum atomic E-state index is 13.7. The molecule has 32 heavy (non-hydrogen) atoms. The highest BCUT2D eigenvalue weighted by Crippen LogP contribution is 2.37. The molecule has 2 aromatic rings. The summed E-state index contributed by atoms with van der Waals surface area (Å²) >= 11 is 4.81. The zero-order chi connectivity index (χ0) is 22.2. The first kappa shape index (κ1) is 21.7. The summed E-state index contributed by atoms with van der Waals surface area (Å²) in [7, 11) is 0. The summed E-state index contributed by atoms with van der Waals surface area (Å²) in [5.41, 5.74) is 1.30. The van der Waals surface area contributed by atoms with Gasteiger partial charge in [-0.1, -0.05) is 22.0 Å². The molecule has 0 radical (unpaired) electrons. The number of nitrogens with zero attached hydrogens (tertiary/aromatic N) is 3. The van der Waals surface area contributed by atoms with E-state index in [1.165, 1.54) is 23.5 Å². The van der Waals surface area contributed by atoms with Crippen LogP contribution in [0.25, 0.3) is 0 Å². The number of aromatic nitrogens is 1. The van der Waals surface area contributed by atoms with Crippen LogP contribution in [0.5, 0.6) is 0 Å². The Balaban J connectivity index is 1.59. The molecule has 5 rings (SSSR count). The number of fused-ring (bicyclic) bond motifs is 2. The number of hydrogen-bond acceptors (Lipinski definition) is 8. The molecule has 2 saturated heterocycles. The van der Waals surface area contributed by atoms with Crippen molar-refractivity contribution in [1.82, 2.24) is 20.5 Å². The number of thiazole rings is 1. The Hall–Kier alpha value is -2.18. The van der Waals surface area contributed by atoms with Gasteiger partial charge in [-0.3, -0.25) is 9.89 Å². The number of carboxylic acid groups (broad SMARTS) is 1. The standard InChI is InChI=1S/C21H21BrFN5O3S/c22-15-5-11(23)1-2-14(15)18-17(21(29)30)16(26-19(27-18)20-25-3-4-32-20)8-28-12-6-24-7-13(28)10-31-9-12/h1-5,12-13,18,24H,6-10H2,(H,26,27)(H,29,30)/t12?,13?,18-/m0/s1. The summed E-state index contributed by atoms with van der Waals surface area (Å²) < 4.78 is 19.9. The van der Waals surface area contributed by atoms with Crippen LogP contribution in [0.15, 0.2) is 50.5 Å². The molecule has 0 saturated carbocycles. The van der Waals surface area contributed by atoms with Crippen molar-refractivity contribution < 1.29 is 19.0 Å². The largest absolute Gasteiger partial charge is 0.478 e. The first-order chi connectivity index (χ1) is 15.5. The summed E-state index contributed by atoms with van der Waals surface area (Å²) in [6, 6.07) is 3.73. The molecule has 4 heterocycles. The van der Waals surface area contributed by atoms with Crippen LogP contribution in [-0.4, -0.2) is 71.7 Å². The predicted molar refractivity (Wildman–Crippen MR) is 121 cm³/mol. The van der Waals surface area contributed by atoms with E-state index >= 15 is 0 Å². The van der Waals surface area contributed by atoms with Crippen molar-refractivity contribution in [2.75, 3.05) is 32.8 Å². The van der Waals surface area contributed by atoms with Crippen molar-refractivity contribution in [1.29, 1.82) is 0 Å².